The molecule has 2 rings (SSSR count). The number of hydrogen-bond acceptors (Lipinski definition) is 2. The smallest absolute Gasteiger partial charge is 0.189 e. The molecule has 0 aliphatic heterocycles. The summed E-state index contributed by atoms with van der Waals surface area (Å²) in [6, 6.07) is 6.17. The van der Waals surface area contributed by atoms with E-state index in [1.54, 1.807) is 17.3 Å². The molecule has 0 saturated heterocycles. The Kier molecular flexibility index (Phi) is 5.06. The summed E-state index contributed by atoms with van der Waals surface area (Å²) >= 11 is 4.21. The van der Waals surface area contributed by atoms with Gasteiger partial charge in [0.25, 0.3) is 0 Å². The predicted molar refractivity (Wildman–Crippen MR) is 80.4 cm³/mol. The number of thiocarbonyl (C=S) groups is 1. The van der Waals surface area contributed by atoms with Crippen molar-refractivity contribution in [3.8, 4) is 11.1 Å². The maximum absolute atomic E-state index is 14.1. The van der Waals surface area contributed by atoms with Crippen molar-refractivity contribution in [3.05, 3.63) is 53.1 Å². The van der Waals surface area contributed by atoms with Gasteiger partial charge >= 0.3 is 0 Å². The zero-order chi connectivity index (χ0) is 16.3. The molecule has 22 heavy (non-hydrogen) atoms. The van der Waals surface area contributed by atoms with Crippen LogP contribution in [0.3, 0.4) is 0 Å². The van der Waals surface area contributed by atoms with Gasteiger partial charge in [-0.3, -0.25) is 0 Å². The van der Waals surface area contributed by atoms with Crippen molar-refractivity contribution in [3.63, 3.8) is 0 Å². The van der Waals surface area contributed by atoms with E-state index in [4.69, 9.17) is 0 Å². The fourth-order valence-electron chi connectivity index (χ4n) is 2.14. The molecule has 0 heterocycles. The molecule has 0 radical (unpaired) electrons. The molecule has 0 spiro atoms. The number of isothiocyanates is 1. The zero-order valence-corrected chi connectivity index (χ0v) is 12.4. The molecule has 0 unspecified atom stereocenters. The van der Waals surface area contributed by atoms with E-state index in [-0.39, 0.29) is 5.56 Å². The maximum Gasteiger partial charge on any atom is 0.189 e. The van der Waals surface area contributed by atoms with Crippen LogP contribution in [0.1, 0.15) is 18.9 Å². The Morgan fingerprint density at radius 2 is 1.50 bits per heavy atom. The van der Waals surface area contributed by atoms with Gasteiger partial charge < -0.3 is 0 Å². The minimum atomic E-state index is -1.59. The fourth-order valence-corrected chi connectivity index (χ4v) is 2.24. The summed E-state index contributed by atoms with van der Waals surface area (Å²) in [5.41, 5.74) is -0.863. The predicted octanol–water partition coefficient (Wildman–Crippen LogP) is 5.60. The summed E-state index contributed by atoms with van der Waals surface area (Å²) in [7, 11) is 0. The second-order valence-electron chi connectivity index (χ2n) is 4.63. The number of aryl methyl sites for hydroxylation is 1. The van der Waals surface area contributed by atoms with E-state index in [1.807, 2.05) is 6.92 Å². The SMILES string of the molecule is CCCc1ccc(-c2c(F)c(F)c(N=C=S)c(F)c2F)cc1. The highest BCUT2D eigenvalue weighted by atomic mass is 32.1. The Morgan fingerprint density at radius 1 is 0.955 bits per heavy atom. The second kappa shape index (κ2) is 6.81. The minimum absolute atomic E-state index is 0.0468. The molecule has 0 amide bonds. The van der Waals surface area contributed by atoms with Gasteiger partial charge in [0.1, 0.15) is 0 Å². The zero-order valence-electron chi connectivity index (χ0n) is 11.6. The van der Waals surface area contributed by atoms with Crippen molar-refractivity contribution < 1.29 is 17.6 Å². The van der Waals surface area contributed by atoms with Gasteiger partial charge in [-0.25, -0.2) is 17.6 Å². The van der Waals surface area contributed by atoms with Gasteiger partial charge in [0.15, 0.2) is 29.0 Å². The van der Waals surface area contributed by atoms with Gasteiger partial charge in [-0.15, -0.1) is 0 Å². The lowest BCUT2D eigenvalue weighted by molar-refractivity contribution is 0.462. The monoisotopic (exact) mass is 325 g/mol. The third-order valence-electron chi connectivity index (χ3n) is 3.18. The number of benzene rings is 2. The van der Waals surface area contributed by atoms with Crippen LogP contribution < -0.4 is 0 Å². The van der Waals surface area contributed by atoms with Crippen LogP contribution in [0, 0.1) is 23.3 Å². The van der Waals surface area contributed by atoms with Crippen LogP contribution in [-0.2, 0) is 6.42 Å². The first-order valence-corrected chi connectivity index (χ1v) is 6.95. The molecule has 0 aromatic heterocycles. The number of nitrogens with zero attached hydrogens (tertiary/aromatic N) is 1. The number of hydrogen-bond donors (Lipinski definition) is 0. The number of aliphatic imine (C=N–C) groups is 1. The quantitative estimate of drug-likeness (QED) is 0.309. The van der Waals surface area contributed by atoms with Crippen LogP contribution >= 0.6 is 12.2 Å². The molecule has 2 aromatic carbocycles. The van der Waals surface area contributed by atoms with Crippen LogP contribution in [0.4, 0.5) is 23.2 Å². The molecule has 2 aromatic rings. The van der Waals surface area contributed by atoms with Crippen molar-refractivity contribution in [1.29, 1.82) is 0 Å². The van der Waals surface area contributed by atoms with E-state index in [0.29, 0.717) is 0 Å². The van der Waals surface area contributed by atoms with Gasteiger partial charge in [-0.1, -0.05) is 37.6 Å². The molecular weight excluding hydrogens is 314 g/mol. The molecule has 0 aliphatic carbocycles. The summed E-state index contributed by atoms with van der Waals surface area (Å²) in [6.45, 7) is 1.99. The molecule has 0 saturated carbocycles. The highest BCUT2D eigenvalue weighted by Crippen LogP contribution is 2.35. The highest BCUT2D eigenvalue weighted by Gasteiger charge is 2.26. The first-order chi connectivity index (χ1) is 10.5. The standard InChI is InChI=1S/C16H11F4NS/c1-2-3-9-4-6-10(7-5-9)11-12(17)14(19)16(21-8-22)15(20)13(11)18/h4-7H,2-3H2,1H3. The summed E-state index contributed by atoms with van der Waals surface area (Å²) < 4.78 is 55.7. The first kappa shape index (κ1) is 16.3. The lowest BCUT2D eigenvalue weighted by atomic mass is 10.0. The lowest BCUT2D eigenvalue weighted by Gasteiger charge is -2.10. The molecule has 1 nitrogen and oxygen atoms in total. The largest absolute Gasteiger partial charge is 0.203 e. The van der Waals surface area contributed by atoms with Crippen LogP contribution in [0.25, 0.3) is 11.1 Å². The van der Waals surface area contributed by atoms with Gasteiger partial charge in [-0.2, -0.15) is 4.99 Å². The van der Waals surface area contributed by atoms with Crippen LogP contribution in [0.2, 0.25) is 0 Å². The first-order valence-electron chi connectivity index (χ1n) is 6.54. The van der Waals surface area contributed by atoms with Crippen molar-refractivity contribution in [1.82, 2.24) is 0 Å². The van der Waals surface area contributed by atoms with E-state index in [0.717, 1.165) is 18.4 Å². The Balaban J connectivity index is 2.63. The minimum Gasteiger partial charge on any atom is -0.203 e. The molecule has 114 valence electrons. The summed E-state index contributed by atoms with van der Waals surface area (Å²) in [5, 5.41) is 1.70. The van der Waals surface area contributed by atoms with Crippen LogP contribution in [-0.4, -0.2) is 5.16 Å². The van der Waals surface area contributed by atoms with Crippen molar-refractivity contribution in [2.24, 2.45) is 4.99 Å². The average molecular weight is 325 g/mol. The third-order valence-corrected chi connectivity index (χ3v) is 3.27. The Hall–Kier alpha value is -2.04. The lowest BCUT2D eigenvalue weighted by Crippen LogP contribution is -2.00. The van der Waals surface area contributed by atoms with E-state index in [2.05, 4.69) is 17.2 Å². The van der Waals surface area contributed by atoms with Gasteiger partial charge in [0, 0.05) is 0 Å². The van der Waals surface area contributed by atoms with Crippen molar-refractivity contribution in [2.45, 2.75) is 19.8 Å². The normalized spacial score (nSPS) is 10.4. The highest BCUT2D eigenvalue weighted by molar-refractivity contribution is 7.78. The average Bonchev–Trinajstić information content (AvgIpc) is 2.52. The van der Waals surface area contributed by atoms with E-state index in [1.165, 1.54) is 12.1 Å². The van der Waals surface area contributed by atoms with Crippen LogP contribution in [0.15, 0.2) is 29.3 Å². The molecule has 0 atom stereocenters. The van der Waals surface area contributed by atoms with Crippen molar-refractivity contribution in [2.75, 3.05) is 0 Å². The van der Waals surface area contributed by atoms with Crippen molar-refractivity contribution >= 4 is 23.1 Å². The fraction of sp³-hybridized carbons (Fsp3) is 0.188. The molecule has 0 fully saturated rings. The molecule has 6 heteroatoms. The maximum atomic E-state index is 14.1. The number of rotatable bonds is 4. The van der Waals surface area contributed by atoms with E-state index in [9.17, 15) is 17.6 Å². The topological polar surface area (TPSA) is 12.4 Å². The van der Waals surface area contributed by atoms with Gasteiger partial charge in [0.2, 0.25) is 0 Å². The van der Waals surface area contributed by atoms with E-state index < -0.39 is 34.5 Å². The Morgan fingerprint density at radius 3 is 1.95 bits per heavy atom. The second-order valence-corrected chi connectivity index (χ2v) is 4.81. The van der Waals surface area contributed by atoms with E-state index >= 15 is 0 Å². The summed E-state index contributed by atoms with van der Waals surface area (Å²) in [6.07, 6.45) is 1.71. The Bertz CT molecular complexity index is 721. The van der Waals surface area contributed by atoms with Crippen LogP contribution in [0.5, 0.6) is 0 Å². The summed E-state index contributed by atoms with van der Waals surface area (Å²) in [4.78, 5) is 3.04. The number of halogens is 4. The molecular formula is C16H11F4NS. The molecule has 0 bridgehead atoms. The van der Waals surface area contributed by atoms with Gasteiger partial charge in [0.05, 0.1) is 10.7 Å². The van der Waals surface area contributed by atoms with Gasteiger partial charge in [-0.05, 0) is 29.8 Å². The molecule has 0 aliphatic rings. The summed E-state index contributed by atoms with van der Waals surface area (Å²) in [5.74, 6) is -6.20. The molecule has 0 N–H and O–H groups in total. The Labute approximate surface area is 130 Å². The third kappa shape index (κ3) is 2.93.